The molecule has 0 unspecified atom stereocenters. The van der Waals surface area contributed by atoms with Crippen LogP contribution in [-0.2, 0) is 12.4 Å². The highest BCUT2D eigenvalue weighted by atomic mass is 19.4. The zero-order chi connectivity index (χ0) is 17.4. The average molecular weight is 337 g/mol. The molecule has 0 aliphatic heterocycles. The molecule has 23 heavy (non-hydrogen) atoms. The van der Waals surface area contributed by atoms with Gasteiger partial charge in [0, 0.05) is 0 Å². The molecule has 2 aromatic rings. The van der Waals surface area contributed by atoms with Crippen molar-refractivity contribution < 1.29 is 30.7 Å². The molecule has 0 heterocycles. The molecule has 0 aliphatic rings. The first-order valence-electron chi connectivity index (χ1n) is 6.30. The van der Waals surface area contributed by atoms with Gasteiger partial charge in [0.15, 0.2) is 0 Å². The zero-order valence-corrected chi connectivity index (χ0v) is 11.3. The van der Waals surface area contributed by atoms with Crippen LogP contribution in [0.5, 0.6) is 0 Å². The van der Waals surface area contributed by atoms with Gasteiger partial charge in [0.05, 0.1) is 17.2 Å². The van der Waals surface area contributed by atoms with Gasteiger partial charge in [-0.05, 0) is 29.3 Å². The monoisotopic (exact) mass is 337 g/mol. The van der Waals surface area contributed by atoms with Gasteiger partial charge in [0.1, 0.15) is 5.82 Å². The largest absolute Gasteiger partial charge is 0.419 e. The first kappa shape index (κ1) is 17.3. The molecular weight excluding hydrogens is 327 g/mol. The Labute approximate surface area is 126 Å². The predicted molar refractivity (Wildman–Crippen MR) is 68.9 cm³/mol. The molecule has 0 fully saturated rings. The van der Waals surface area contributed by atoms with E-state index in [-0.39, 0.29) is 11.1 Å². The second-order valence-electron chi connectivity index (χ2n) is 4.80. The van der Waals surface area contributed by atoms with E-state index >= 15 is 0 Å². The fourth-order valence-electron chi connectivity index (χ4n) is 2.16. The van der Waals surface area contributed by atoms with Crippen LogP contribution in [-0.4, -0.2) is 0 Å². The molecule has 0 bridgehead atoms. The van der Waals surface area contributed by atoms with Gasteiger partial charge in [-0.2, -0.15) is 26.3 Å². The molecule has 2 N–H and O–H groups in total. The number of halogens is 7. The summed E-state index contributed by atoms with van der Waals surface area (Å²) < 4.78 is 89.9. The number of hydrogen-bond donors (Lipinski definition) is 1. The lowest BCUT2D eigenvalue weighted by atomic mass is 9.94. The third-order valence-electron chi connectivity index (χ3n) is 3.26. The second-order valence-corrected chi connectivity index (χ2v) is 4.80. The lowest BCUT2D eigenvalue weighted by Gasteiger charge is -2.19. The summed E-state index contributed by atoms with van der Waals surface area (Å²) in [7, 11) is 0. The Balaban J connectivity index is 2.47. The molecule has 8 heteroatoms. The van der Waals surface area contributed by atoms with Gasteiger partial charge in [-0.25, -0.2) is 4.39 Å². The summed E-state index contributed by atoms with van der Waals surface area (Å²) in [5, 5.41) is 0. The van der Waals surface area contributed by atoms with E-state index in [1.165, 1.54) is 6.07 Å². The van der Waals surface area contributed by atoms with Crippen LogP contribution in [0.3, 0.4) is 0 Å². The highest BCUT2D eigenvalue weighted by Crippen LogP contribution is 2.37. The van der Waals surface area contributed by atoms with Crippen LogP contribution in [0.4, 0.5) is 30.7 Å². The normalized spacial score (nSPS) is 13.9. The quantitative estimate of drug-likeness (QED) is 0.774. The van der Waals surface area contributed by atoms with Crippen LogP contribution in [0.15, 0.2) is 42.5 Å². The molecule has 2 aromatic carbocycles. The highest BCUT2D eigenvalue weighted by molar-refractivity contribution is 5.40. The zero-order valence-electron chi connectivity index (χ0n) is 11.3. The number of alkyl halides is 6. The van der Waals surface area contributed by atoms with E-state index in [1.807, 2.05) is 0 Å². The smallest absolute Gasteiger partial charge is 0.320 e. The topological polar surface area (TPSA) is 26.0 Å². The van der Waals surface area contributed by atoms with E-state index in [0.29, 0.717) is 12.1 Å². The van der Waals surface area contributed by atoms with Gasteiger partial charge in [0.25, 0.3) is 0 Å². The van der Waals surface area contributed by atoms with Gasteiger partial charge < -0.3 is 5.73 Å². The van der Waals surface area contributed by atoms with Crippen molar-refractivity contribution in [1.82, 2.24) is 0 Å². The van der Waals surface area contributed by atoms with Crippen molar-refractivity contribution in [3.05, 3.63) is 70.5 Å². The average Bonchev–Trinajstić information content (AvgIpc) is 2.44. The van der Waals surface area contributed by atoms with Crippen molar-refractivity contribution in [2.24, 2.45) is 5.73 Å². The molecule has 0 amide bonds. The number of hydrogen-bond acceptors (Lipinski definition) is 1. The van der Waals surface area contributed by atoms with Crippen molar-refractivity contribution in [2.75, 3.05) is 0 Å². The Morgan fingerprint density at radius 1 is 0.783 bits per heavy atom. The Morgan fingerprint density at radius 3 is 1.87 bits per heavy atom. The van der Waals surface area contributed by atoms with E-state index in [9.17, 15) is 30.7 Å². The van der Waals surface area contributed by atoms with Gasteiger partial charge in [-0.3, -0.25) is 0 Å². The van der Waals surface area contributed by atoms with E-state index in [1.54, 1.807) is 0 Å². The van der Waals surface area contributed by atoms with E-state index in [4.69, 9.17) is 5.73 Å². The summed E-state index contributed by atoms with van der Waals surface area (Å²) in [5.41, 5.74) is 2.64. The molecule has 0 spiro atoms. The van der Waals surface area contributed by atoms with Crippen molar-refractivity contribution in [3.63, 3.8) is 0 Å². The van der Waals surface area contributed by atoms with Crippen LogP contribution in [0.1, 0.15) is 28.3 Å². The van der Waals surface area contributed by atoms with Crippen LogP contribution in [0.2, 0.25) is 0 Å². The summed E-state index contributed by atoms with van der Waals surface area (Å²) in [6.45, 7) is 0. The summed E-state index contributed by atoms with van der Waals surface area (Å²) in [5.74, 6) is -1.59. The molecular formula is C15H10F7N. The van der Waals surface area contributed by atoms with Crippen LogP contribution < -0.4 is 5.73 Å². The van der Waals surface area contributed by atoms with Crippen LogP contribution in [0.25, 0.3) is 0 Å². The Bertz CT molecular complexity index is 704. The molecule has 0 saturated carbocycles. The maximum absolute atomic E-state index is 13.6. The second kappa shape index (κ2) is 5.84. The summed E-state index contributed by atoms with van der Waals surface area (Å²) in [6.07, 6.45) is -9.57. The van der Waals surface area contributed by atoms with E-state index in [2.05, 4.69) is 0 Å². The van der Waals surface area contributed by atoms with Gasteiger partial charge in [-0.1, -0.05) is 24.3 Å². The van der Waals surface area contributed by atoms with Gasteiger partial charge in [-0.15, -0.1) is 0 Å². The third kappa shape index (κ3) is 3.64. The molecule has 0 aliphatic carbocycles. The lowest BCUT2D eigenvalue weighted by Crippen LogP contribution is -2.19. The molecule has 124 valence electrons. The van der Waals surface area contributed by atoms with Crippen LogP contribution in [0, 0.1) is 5.82 Å². The first-order chi connectivity index (χ1) is 10.5. The number of rotatable bonds is 2. The van der Waals surface area contributed by atoms with E-state index in [0.717, 1.165) is 24.3 Å². The van der Waals surface area contributed by atoms with Gasteiger partial charge >= 0.3 is 12.4 Å². The SMILES string of the molecule is N[C@@H](c1ccc(C(F)(F)F)c(F)c1)c1ccccc1C(F)(F)F. The standard InChI is InChI=1S/C15H10F7N/c16-12-7-8(5-6-11(12)15(20,21)22)13(23)9-3-1-2-4-10(9)14(17,18)19/h1-7,13H,23H2/t13-/m0/s1. The van der Waals surface area contributed by atoms with Crippen molar-refractivity contribution in [1.29, 1.82) is 0 Å². The fourth-order valence-corrected chi connectivity index (χ4v) is 2.16. The molecule has 0 aromatic heterocycles. The molecule has 0 radical (unpaired) electrons. The first-order valence-corrected chi connectivity index (χ1v) is 6.30. The minimum atomic E-state index is -4.89. The maximum Gasteiger partial charge on any atom is 0.419 e. The third-order valence-corrected chi connectivity index (χ3v) is 3.26. The lowest BCUT2D eigenvalue weighted by molar-refractivity contribution is -0.140. The molecule has 0 saturated heterocycles. The van der Waals surface area contributed by atoms with E-state index < -0.39 is 35.3 Å². The number of nitrogens with two attached hydrogens (primary N) is 1. The number of benzene rings is 2. The Kier molecular flexibility index (Phi) is 4.39. The highest BCUT2D eigenvalue weighted by Gasteiger charge is 2.36. The Morgan fingerprint density at radius 2 is 1.35 bits per heavy atom. The van der Waals surface area contributed by atoms with Gasteiger partial charge in [0.2, 0.25) is 0 Å². The molecule has 1 atom stereocenters. The summed E-state index contributed by atoms with van der Waals surface area (Å²) in [4.78, 5) is 0. The molecule has 1 nitrogen and oxygen atoms in total. The summed E-state index contributed by atoms with van der Waals surface area (Å²) in [6, 6.07) is 4.78. The minimum Gasteiger partial charge on any atom is -0.320 e. The van der Waals surface area contributed by atoms with Crippen molar-refractivity contribution in [3.8, 4) is 0 Å². The Hall–Kier alpha value is -2.09. The maximum atomic E-state index is 13.6. The minimum absolute atomic E-state index is 0.188. The summed E-state index contributed by atoms with van der Waals surface area (Å²) >= 11 is 0. The van der Waals surface area contributed by atoms with Crippen molar-refractivity contribution >= 4 is 0 Å². The van der Waals surface area contributed by atoms with Crippen molar-refractivity contribution in [2.45, 2.75) is 18.4 Å². The fraction of sp³-hybridized carbons (Fsp3) is 0.200. The molecule has 2 rings (SSSR count). The predicted octanol–water partition coefficient (Wildman–Crippen LogP) is 4.91. The van der Waals surface area contributed by atoms with Crippen LogP contribution >= 0.6 is 0 Å².